The molecule has 10 heteroatoms. The first-order valence-corrected chi connectivity index (χ1v) is 10.4. The van der Waals surface area contributed by atoms with Gasteiger partial charge in [-0.2, -0.15) is 0 Å². The Morgan fingerprint density at radius 1 is 1.12 bits per heavy atom. The van der Waals surface area contributed by atoms with Crippen molar-refractivity contribution in [3.63, 3.8) is 0 Å². The molecule has 0 spiro atoms. The number of pyridine rings is 1. The third kappa shape index (κ3) is 3.37. The highest BCUT2D eigenvalue weighted by molar-refractivity contribution is 6.34. The smallest absolute Gasteiger partial charge is 0.266 e. The van der Waals surface area contributed by atoms with Gasteiger partial charge in [0, 0.05) is 10.7 Å². The van der Waals surface area contributed by atoms with E-state index in [1.165, 1.54) is 23.3 Å². The average molecular weight is 469 g/mol. The van der Waals surface area contributed by atoms with E-state index >= 15 is 0 Å². The van der Waals surface area contributed by atoms with Crippen LogP contribution < -0.4 is 10.9 Å². The SMILES string of the molecule is C[C@H](Nc1ncnc2[nH]cnc12)c1cc2cccc(F)c2c(=O)n1-c1cc(Cl)ccc1Cl. The number of fused-ring (bicyclic) bond motifs is 2. The van der Waals surface area contributed by atoms with Crippen LogP contribution in [-0.2, 0) is 0 Å². The molecule has 0 aliphatic carbocycles. The lowest BCUT2D eigenvalue weighted by molar-refractivity contribution is 0.637. The summed E-state index contributed by atoms with van der Waals surface area (Å²) in [6.45, 7) is 1.86. The van der Waals surface area contributed by atoms with E-state index in [1.54, 1.807) is 36.4 Å². The number of aromatic amines is 1. The zero-order valence-corrected chi connectivity index (χ0v) is 18.1. The molecular formula is C22H15Cl2FN6O. The minimum atomic E-state index is -0.611. The van der Waals surface area contributed by atoms with Crippen molar-refractivity contribution in [3.05, 3.63) is 87.0 Å². The van der Waals surface area contributed by atoms with Crippen molar-refractivity contribution >= 4 is 51.0 Å². The van der Waals surface area contributed by atoms with Gasteiger partial charge in [0.1, 0.15) is 17.7 Å². The molecule has 32 heavy (non-hydrogen) atoms. The summed E-state index contributed by atoms with van der Waals surface area (Å²) in [4.78, 5) is 29.1. The molecule has 1 atom stereocenters. The molecule has 5 rings (SSSR count). The molecule has 0 aliphatic rings. The standard InChI is InChI=1S/C22H15Cl2FN6O/c1-11(30-21-19-20(27-9-26-19)28-10-29-21)16-7-12-3-2-4-15(25)18(12)22(32)31(16)17-8-13(23)5-6-14(17)24/h2-11H,1H3,(H2,26,27,28,29,30)/t11-/m0/s1. The van der Waals surface area contributed by atoms with E-state index in [4.69, 9.17) is 23.2 Å². The summed E-state index contributed by atoms with van der Waals surface area (Å²) in [7, 11) is 0. The second-order valence-corrected chi connectivity index (χ2v) is 8.04. The monoisotopic (exact) mass is 468 g/mol. The van der Waals surface area contributed by atoms with E-state index in [0.717, 1.165) is 0 Å². The zero-order valence-electron chi connectivity index (χ0n) is 16.6. The number of hydrogen-bond acceptors (Lipinski definition) is 5. The van der Waals surface area contributed by atoms with E-state index in [1.807, 2.05) is 6.92 Å². The molecule has 0 bridgehead atoms. The van der Waals surface area contributed by atoms with Crippen LogP contribution in [0, 0.1) is 5.82 Å². The molecule has 2 N–H and O–H groups in total. The van der Waals surface area contributed by atoms with Gasteiger partial charge in [-0.1, -0.05) is 35.3 Å². The number of aromatic nitrogens is 5. The summed E-state index contributed by atoms with van der Waals surface area (Å²) in [5.74, 6) is -0.125. The highest BCUT2D eigenvalue weighted by Gasteiger charge is 2.21. The second-order valence-electron chi connectivity index (χ2n) is 7.20. The lowest BCUT2D eigenvalue weighted by Gasteiger charge is -2.22. The number of nitrogens with one attached hydrogen (secondary N) is 2. The van der Waals surface area contributed by atoms with Crippen molar-refractivity contribution in [2.75, 3.05) is 5.32 Å². The fourth-order valence-electron chi connectivity index (χ4n) is 3.71. The molecule has 2 aromatic carbocycles. The van der Waals surface area contributed by atoms with Crippen molar-refractivity contribution in [1.82, 2.24) is 24.5 Å². The van der Waals surface area contributed by atoms with Crippen molar-refractivity contribution < 1.29 is 4.39 Å². The summed E-state index contributed by atoms with van der Waals surface area (Å²) in [5, 5.41) is 4.41. The molecule has 0 fully saturated rings. The Balaban J connectivity index is 1.75. The molecule has 0 saturated heterocycles. The molecule has 0 saturated carbocycles. The molecule has 3 heterocycles. The van der Waals surface area contributed by atoms with E-state index in [9.17, 15) is 9.18 Å². The first-order valence-electron chi connectivity index (χ1n) is 9.64. The number of rotatable bonds is 4. The van der Waals surface area contributed by atoms with Gasteiger partial charge in [-0.05, 0) is 42.6 Å². The van der Waals surface area contributed by atoms with E-state index < -0.39 is 17.4 Å². The van der Waals surface area contributed by atoms with Gasteiger partial charge in [-0.15, -0.1) is 0 Å². The molecule has 0 radical (unpaired) electrons. The third-order valence-electron chi connectivity index (χ3n) is 5.19. The summed E-state index contributed by atoms with van der Waals surface area (Å²) in [6, 6.07) is 10.6. The maximum Gasteiger partial charge on any atom is 0.266 e. The number of benzene rings is 2. The van der Waals surface area contributed by atoms with Gasteiger partial charge in [-0.25, -0.2) is 19.3 Å². The fraction of sp³-hybridized carbons (Fsp3) is 0.0909. The van der Waals surface area contributed by atoms with Crippen molar-refractivity contribution in [2.45, 2.75) is 13.0 Å². The summed E-state index contributed by atoms with van der Waals surface area (Å²) < 4.78 is 16.0. The van der Waals surface area contributed by atoms with Gasteiger partial charge in [0.2, 0.25) is 0 Å². The topological polar surface area (TPSA) is 88.5 Å². The minimum absolute atomic E-state index is 0.0313. The molecule has 3 aromatic heterocycles. The molecular weight excluding hydrogens is 454 g/mol. The number of halogens is 3. The Kier molecular flexibility index (Phi) is 5.03. The van der Waals surface area contributed by atoms with Gasteiger partial charge in [0.15, 0.2) is 11.5 Å². The predicted octanol–water partition coefficient (Wildman–Crippen LogP) is 5.28. The Labute approximate surface area is 190 Å². The lowest BCUT2D eigenvalue weighted by Crippen LogP contribution is -2.26. The Bertz CT molecular complexity index is 1550. The summed E-state index contributed by atoms with van der Waals surface area (Å²) >= 11 is 12.6. The largest absolute Gasteiger partial charge is 0.360 e. The number of nitrogens with zero attached hydrogens (tertiary/aromatic N) is 4. The van der Waals surface area contributed by atoms with Gasteiger partial charge < -0.3 is 10.3 Å². The van der Waals surface area contributed by atoms with Gasteiger partial charge >= 0.3 is 0 Å². The van der Waals surface area contributed by atoms with Crippen molar-refractivity contribution in [1.29, 1.82) is 0 Å². The second kappa shape index (κ2) is 7.89. The van der Waals surface area contributed by atoms with Crippen LogP contribution in [0.2, 0.25) is 10.0 Å². The molecule has 0 unspecified atom stereocenters. The van der Waals surface area contributed by atoms with Gasteiger partial charge in [0.25, 0.3) is 5.56 Å². The summed E-state index contributed by atoms with van der Waals surface area (Å²) in [6.07, 6.45) is 2.93. The van der Waals surface area contributed by atoms with Crippen LogP contribution in [0.3, 0.4) is 0 Å². The van der Waals surface area contributed by atoms with Crippen LogP contribution in [0.25, 0.3) is 27.6 Å². The number of H-pyrrole nitrogens is 1. The van der Waals surface area contributed by atoms with Gasteiger partial charge in [0.05, 0.1) is 28.5 Å². The Hall–Kier alpha value is -3.49. The molecule has 7 nitrogen and oxygen atoms in total. The first kappa shape index (κ1) is 20.4. The fourth-order valence-corrected chi connectivity index (χ4v) is 4.08. The number of hydrogen-bond donors (Lipinski definition) is 2. The van der Waals surface area contributed by atoms with E-state index in [-0.39, 0.29) is 5.39 Å². The maximum absolute atomic E-state index is 14.6. The van der Waals surface area contributed by atoms with Crippen LogP contribution in [0.4, 0.5) is 10.2 Å². The van der Waals surface area contributed by atoms with E-state index in [2.05, 4.69) is 25.3 Å². The number of anilines is 1. The predicted molar refractivity (Wildman–Crippen MR) is 123 cm³/mol. The van der Waals surface area contributed by atoms with Crippen LogP contribution >= 0.6 is 23.2 Å². The molecule has 5 aromatic rings. The van der Waals surface area contributed by atoms with Crippen LogP contribution in [0.5, 0.6) is 0 Å². The van der Waals surface area contributed by atoms with Gasteiger partial charge in [-0.3, -0.25) is 9.36 Å². The average Bonchev–Trinajstić information content (AvgIpc) is 3.25. The van der Waals surface area contributed by atoms with Crippen LogP contribution in [-0.4, -0.2) is 24.5 Å². The normalized spacial score (nSPS) is 12.4. The Morgan fingerprint density at radius 2 is 1.97 bits per heavy atom. The lowest BCUT2D eigenvalue weighted by atomic mass is 10.1. The van der Waals surface area contributed by atoms with E-state index in [0.29, 0.717) is 43.8 Å². The third-order valence-corrected chi connectivity index (χ3v) is 5.74. The van der Waals surface area contributed by atoms with Crippen LogP contribution in [0.1, 0.15) is 18.7 Å². The summed E-state index contributed by atoms with van der Waals surface area (Å²) in [5.41, 5.74) is 1.48. The minimum Gasteiger partial charge on any atom is -0.360 e. The van der Waals surface area contributed by atoms with Crippen molar-refractivity contribution in [2.24, 2.45) is 0 Å². The Morgan fingerprint density at radius 3 is 2.81 bits per heavy atom. The molecule has 0 amide bonds. The molecule has 0 aliphatic heterocycles. The van der Waals surface area contributed by atoms with Crippen LogP contribution in [0.15, 0.2) is 59.9 Å². The van der Waals surface area contributed by atoms with Crippen molar-refractivity contribution in [3.8, 4) is 5.69 Å². The zero-order chi connectivity index (χ0) is 22.4. The highest BCUT2D eigenvalue weighted by Crippen LogP contribution is 2.30. The molecule has 160 valence electrons. The number of imidazole rings is 1. The highest BCUT2D eigenvalue weighted by atomic mass is 35.5. The maximum atomic E-state index is 14.6. The quantitative estimate of drug-likeness (QED) is 0.374. The first-order chi connectivity index (χ1) is 15.4.